The van der Waals surface area contributed by atoms with E-state index in [1.807, 2.05) is 6.08 Å². The van der Waals surface area contributed by atoms with E-state index in [4.69, 9.17) is 0 Å². The number of hydrogen-bond donors (Lipinski definition) is 1. The molecular formula is C16H16S. The van der Waals surface area contributed by atoms with Crippen molar-refractivity contribution in [3.63, 3.8) is 0 Å². The second-order valence-electron chi connectivity index (χ2n) is 4.00. The summed E-state index contributed by atoms with van der Waals surface area (Å²) in [5, 5.41) is 0. The van der Waals surface area contributed by atoms with Crippen molar-refractivity contribution in [2.45, 2.75) is 6.42 Å². The van der Waals surface area contributed by atoms with Gasteiger partial charge in [0.25, 0.3) is 0 Å². The Kier molecular flexibility index (Phi) is 4.05. The van der Waals surface area contributed by atoms with Gasteiger partial charge in [0.1, 0.15) is 0 Å². The van der Waals surface area contributed by atoms with Gasteiger partial charge >= 0.3 is 0 Å². The molecule has 0 spiro atoms. The smallest absolute Gasteiger partial charge is 0.00574 e. The van der Waals surface area contributed by atoms with Crippen molar-refractivity contribution in [3.05, 3.63) is 66.2 Å². The third-order valence-corrected chi connectivity index (χ3v) is 3.06. The summed E-state index contributed by atoms with van der Waals surface area (Å²) in [6, 6.07) is 17.1. The topological polar surface area (TPSA) is 0 Å². The lowest BCUT2D eigenvalue weighted by molar-refractivity contribution is 1.16. The van der Waals surface area contributed by atoms with Gasteiger partial charge in [-0.25, -0.2) is 0 Å². The average Bonchev–Trinajstić information content (AvgIpc) is 2.40. The molecule has 0 aromatic heterocycles. The van der Waals surface area contributed by atoms with Crippen molar-refractivity contribution in [1.82, 2.24) is 0 Å². The van der Waals surface area contributed by atoms with Crippen molar-refractivity contribution in [1.29, 1.82) is 0 Å². The zero-order valence-corrected chi connectivity index (χ0v) is 10.7. The molecule has 0 aliphatic rings. The van der Waals surface area contributed by atoms with Crippen molar-refractivity contribution in [3.8, 4) is 11.1 Å². The molecule has 17 heavy (non-hydrogen) atoms. The summed E-state index contributed by atoms with van der Waals surface area (Å²) in [4.78, 5) is 0. The molecule has 0 saturated carbocycles. The minimum Gasteiger partial charge on any atom is -0.179 e. The normalized spacial score (nSPS) is 10.2. The van der Waals surface area contributed by atoms with Gasteiger partial charge in [0.15, 0.2) is 0 Å². The first-order valence-electron chi connectivity index (χ1n) is 5.76. The Bertz CT molecular complexity index is 480. The van der Waals surface area contributed by atoms with E-state index in [1.54, 1.807) is 0 Å². The minimum absolute atomic E-state index is 0.896. The highest BCUT2D eigenvalue weighted by Crippen LogP contribution is 2.20. The van der Waals surface area contributed by atoms with Crippen LogP contribution in [-0.2, 0) is 6.42 Å². The molecule has 0 N–H and O–H groups in total. The van der Waals surface area contributed by atoms with Gasteiger partial charge in [0, 0.05) is 0 Å². The number of aryl methyl sites for hydroxylation is 1. The molecule has 0 radical (unpaired) electrons. The Morgan fingerprint density at radius 3 is 1.88 bits per heavy atom. The zero-order chi connectivity index (χ0) is 12.1. The Labute approximate surface area is 108 Å². The van der Waals surface area contributed by atoms with Crippen LogP contribution in [0.3, 0.4) is 0 Å². The molecule has 0 bridgehead atoms. The van der Waals surface area contributed by atoms with Crippen LogP contribution in [0.25, 0.3) is 17.2 Å². The highest BCUT2D eigenvalue weighted by Gasteiger charge is 1.97. The van der Waals surface area contributed by atoms with Gasteiger partial charge in [-0.3, -0.25) is 0 Å². The first-order valence-corrected chi connectivity index (χ1v) is 6.39. The third kappa shape index (κ3) is 3.01. The van der Waals surface area contributed by atoms with E-state index in [0.717, 1.165) is 17.7 Å². The molecule has 0 aliphatic heterocycles. The molecule has 1 heteroatoms. The minimum atomic E-state index is 0.896. The zero-order valence-electron chi connectivity index (χ0n) is 9.76. The fraction of sp³-hybridized carbons (Fsp3) is 0.125. The van der Waals surface area contributed by atoms with Crippen LogP contribution in [0.15, 0.2) is 55.1 Å². The number of benzene rings is 2. The highest BCUT2D eigenvalue weighted by molar-refractivity contribution is 7.80. The van der Waals surface area contributed by atoms with Gasteiger partial charge in [-0.1, -0.05) is 61.2 Å². The molecule has 0 fully saturated rings. The Morgan fingerprint density at radius 2 is 1.41 bits per heavy atom. The molecule has 0 saturated heterocycles. The van der Waals surface area contributed by atoms with E-state index in [2.05, 4.69) is 67.7 Å². The summed E-state index contributed by atoms with van der Waals surface area (Å²) < 4.78 is 0. The first kappa shape index (κ1) is 12.0. The van der Waals surface area contributed by atoms with Gasteiger partial charge < -0.3 is 0 Å². The summed E-state index contributed by atoms with van der Waals surface area (Å²) >= 11 is 4.24. The van der Waals surface area contributed by atoms with E-state index in [-0.39, 0.29) is 0 Å². The van der Waals surface area contributed by atoms with Crippen molar-refractivity contribution in [2.75, 3.05) is 5.75 Å². The van der Waals surface area contributed by atoms with Gasteiger partial charge in [-0.2, -0.15) is 12.6 Å². The van der Waals surface area contributed by atoms with E-state index >= 15 is 0 Å². The van der Waals surface area contributed by atoms with E-state index in [0.29, 0.717) is 0 Å². The predicted molar refractivity (Wildman–Crippen MR) is 79.5 cm³/mol. The fourth-order valence-electron chi connectivity index (χ4n) is 1.80. The van der Waals surface area contributed by atoms with Crippen LogP contribution < -0.4 is 0 Å². The fourth-order valence-corrected chi connectivity index (χ4v) is 2.06. The van der Waals surface area contributed by atoms with E-state index in [9.17, 15) is 0 Å². The van der Waals surface area contributed by atoms with Crippen LogP contribution in [0.1, 0.15) is 11.1 Å². The molecule has 2 aromatic carbocycles. The summed E-state index contributed by atoms with van der Waals surface area (Å²) in [6.07, 6.45) is 2.89. The largest absolute Gasteiger partial charge is 0.179 e. The van der Waals surface area contributed by atoms with E-state index < -0.39 is 0 Å². The molecule has 0 aliphatic carbocycles. The Balaban J connectivity index is 2.23. The lowest BCUT2D eigenvalue weighted by Crippen LogP contribution is -1.86. The predicted octanol–water partition coefficient (Wildman–Crippen LogP) is 4.47. The number of rotatable bonds is 4. The van der Waals surface area contributed by atoms with Crippen LogP contribution in [0, 0.1) is 0 Å². The van der Waals surface area contributed by atoms with Crippen LogP contribution in [0.5, 0.6) is 0 Å². The summed E-state index contributed by atoms with van der Waals surface area (Å²) in [7, 11) is 0. The molecule has 0 amide bonds. The van der Waals surface area contributed by atoms with Crippen LogP contribution in [0.4, 0.5) is 0 Å². The van der Waals surface area contributed by atoms with Crippen LogP contribution in [0.2, 0.25) is 0 Å². The van der Waals surface area contributed by atoms with Gasteiger partial charge in [0.05, 0.1) is 0 Å². The molecule has 2 rings (SSSR count). The monoisotopic (exact) mass is 240 g/mol. The number of hydrogen-bond acceptors (Lipinski definition) is 1. The van der Waals surface area contributed by atoms with Gasteiger partial charge in [0.2, 0.25) is 0 Å². The Morgan fingerprint density at radius 1 is 0.882 bits per heavy atom. The molecule has 2 aromatic rings. The van der Waals surface area contributed by atoms with Crippen molar-refractivity contribution >= 4 is 18.7 Å². The second kappa shape index (κ2) is 5.74. The standard InChI is InChI=1S/C16H16S/c1-2-13-3-7-15(8-4-13)16-9-5-14(6-10-16)11-12-17/h2-10,17H,1,11-12H2. The quantitative estimate of drug-likeness (QED) is 0.749. The maximum atomic E-state index is 4.24. The maximum absolute atomic E-state index is 4.24. The van der Waals surface area contributed by atoms with Gasteiger partial charge in [-0.05, 0) is 34.4 Å². The van der Waals surface area contributed by atoms with Crippen molar-refractivity contribution in [2.24, 2.45) is 0 Å². The Hall–Kier alpha value is -1.47. The lowest BCUT2D eigenvalue weighted by Gasteiger charge is -2.04. The molecule has 0 heterocycles. The van der Waals surface area contributed by atoms with E-state index in [1.165, 1.54) is 16.7 Å². The molecule has 0 nitrogen and oxygen atoms in total. The number of thiol groups is 1. The molecule has 0 atom stereocenters. The second-order valence-corrected chi connectivity index (χ2v) is 4.44. The summed E-state index contributed by atoms with van der Waals surface area (Å²) in [6.45, 7) is 3.76. The molecular weight excluding hydrogens is 224 g/mol. The highest BCUT2D eigenvalue weighted by atomic mass is 32.1. The molecule has 0 unspecified atom stereocenters. The van der Waals surface area contributed by atoms with Crippen LogP contribution >= 0.6 is 12.6 Å². The first-order chi connectivity index (χ1) is 8.33. The summed E-state index contributed by atoms with van der Waals surface area (Å²) in [5.41, 5.74) is 4.99. The van der Waals surface area contributed by atoms with Crippen molar-refractivity contribution < 1.29 is 0 Å². The van der Waals surface area contributed by atoms with Gasteiger partial charge in [-0.15, -0.1) is 0 Å². The SMILES string of the molecule is C=Cc1ccc(-c2ccc(CCS)cc2)cc1. The maximum Gasteiger partial charge on any atom is -0.00574 e. The average molecular weight is 240 g/mol. The van der Waals surface area contributed by atoms with Crippen LogP contribution in [-0.4, -0.2) is 5.75 Å². The lowest BCUT2D eigenvalue weighted by atomic mass is 10.0. The third-order valence-electron chi connectivity index (χ3n) is 2.83. The summed E-state index contributed by atoms with van der Waals surface area (Å²) in [5.74, 6) is 0.896. The molecule has 86 valence electrons.